The van der Waals surface area contributed by atoms with Crippen molar-refractivity contribution in [2.24, 2.45) is 0 Å². The number of carbonyl (C=O) groups is 1. The zero-order valence-corrected chi connectivity index (χ0v) is 12.7. The Bertz CT molecular complexity index is 793. The van der Waals surface area contributed by atoms with E-state index in [0.717, 1.165) is 22.6 Å². The summed E-state index contributed by atoms with van der Waals surface area (Å²) in [6, 6.07) is 13.1. The lowest BCUT2D eigenvalue weighted by Crippen LogP contribution is -2.03. The van der Waals surface area contributed by atoms with Gasteiger partial charge in [0.1, 0.15) is 5.75 Å². The third kappa shape index (κ3) is 2.76. The molecule has 0 saturated heterocycles. The average molecular weight is 312 g/mol. The summed E-state index contributed by atoms with van der Waals surface area (Å²) in [4.78, 5) is 12.0. The molecule has 2 aromatic rings. The predicted octanol–water partition coefficient (Wildman–Crippen LogP) is 4.40. The Morgan fingerprint density at radius 3 is 2.82 bits per heavy atom. The van der Waals surface area contributed by atoms with Crippen molar-refractivity contribution in [3.63, 3.8) is 0 Å². The third-order valence-corrected chi connectivity index (χ3v) is 3.68. The van der Waals surface area contributed by atoms with E-state index in [1.165, 1.54) is 0 Å². The Morgan fingerprint density at radius 2 is 2.00 bits per heavy atom. The number of para-hydroxylation sites is 1. The molecule has 1 aliphatic heterocycles. The lowest BCUT2D eigenvalue weighted by Gasteiger charge is -2.02. The molecule has 0 unspecified atom stereocenters. The van der Waals surface area contributed by atoms with Crippen LogP contribution in [0.4, 0.5) is 5.69 Å². The fourth-order valence-electron chi connectivity index (χ4n) is 2.38. The fourth-order valence-corrected chi connectivity index (χ4v) is 2.56. The number of methoxy groups -OCH3 is 1. The minimum Gasteiger partial charge on any atom is -0.496 e. The molecule has 22 heavy (non-hydrogen) atoms. The molecule has 0 fully saturated rings. The molecule has 0 radical (unpaired) electrons. The van der Waals surface area contributed by atoms with Crippen LogP contribution in [0.25, 0.3) is 11.6 Å². The zero-order valence-electron chi connectivity index (χ0n) is 12.0. The molecule has 0 atom stereocenters. The number of fused-ring (bicyclic) bond motifs is 1. The smallest absolute Gasteiger partial charge is 0.256 e. The van der Waals surface area contributed by atoms with Crippen LogP contribution in [0.15, 0.2) is 54.6 Å². The molecule has 0 bridgehead atoms. The standard InChI is InChI=1S/C18H14ClNO2/c1-22-17-8-3-2-5-12(17)6-4-7-15-14-10-9-13(19)11-16(14)20-18(15)21/h2-11H,1H3,(H,20,21)/b6-4+,15-7+. The number of benzene rings is 2. The van der Waals surface area contributed by atoms with Gasteiger partial charge in [-0.2, -0.15) is 0 Å². The van der Waals surface area contributed by atoms with E-state index in [0.29, 0.717) is 10.6 Å². The third-order valence-electron chi connectivity index (χ3n) is 3.44. The number of hydrogen-bond donors (Lipinski definition) is 1. The molecule has 3 rings (SSSR count). The van der Waals surface area contributed by atoms with Gasteiger partial charge in [0.15, 0.2) is 0 Å². The van der Waals surface area contributed by atoms with Gasteiger partial charge in [-0.15, -0.1) is 0 Å². The molecule has 0 spiro atoms. The molecule has 1 aliphatic rings. The van der Waals surface area contributed by atoms with E-state index in [-0.39, 0.29) is 5.91 Å². The molecule has 0 aromatic heterocycles. The highest BCUT2D eigenvalue weighted by Gasteiger charge is 2.23. The van der Waals surface area contributed by atoms with Crippen molar-refractivity contribution < 1.29 is 9.53 Å². The van der Waals surface area contributed by atoms with Gasteiger partial charge < -0.3 is 10.1 Å². The molecule has 1 heterocycles. The van der Waals surface area contributed by atoms with Crippen LogP contribution in [-0.2, 0) is 4.79 Å². The Hall–Kier alpha value is -2.52. The highest BCUT2D eigenvalue weighted by Crippen LogP contribution is 2.33. The molecule has 2 aromatic carbocycles. The summed E-state index contributed by atoms with van der Waals surface area (Å²) in [5.74, 6) is 0.669. The van der Waals surface area contributed by atoms with Gasteiger partial charge in [0.2, 0.25) is 0 Å². The van der Waals surface area contributed by atoms with Crippen LogP contribution in [0.3, 0.4) is 0 Å². The lowest BCUT2D eigenvalue weighted by molar-refractivity contribution is -0.110. The first-order chi connectivity index (χ1) is 10.7. The van der Waals surface area contributed by atoms with Gasteiger partial charge in [0.25, 0.3) is 5.91 Å². The number of carbonyl (C=O) groups excluding carboxylic acids is 1. The van der Waals surface area contributed by atoms with E-state index in [4.69, 9.17) is 16.3 Å². The van der Waals surface area contributed by atoms with Crippen LogP contribution in [0.2, 0.25) is 5.02 Å². The highest BCUT2D eigenvalue weighted by molar-refractivity contribution is 6.34. The van der Waals surface area contributed by atoms with Crippen LogP contribution >= 0.6 is 11.6 Å². The van der Waals surface area contributed by atoms with Crippen molar-refractivity contribution in [1.82, 2.24) is 0 Å². The minimum absolute atomic E-state index is 0.123. The highest BCUT2D eigenvalue weighted by atomic mass is 35.5. The van der Waals surface area contributed by atoms with Gasteiger partial charge in [-0.1, -0.05) is 48.0 Å². The van der Waals surface area contributed by atoms with Crippen molar-refractivity contribution in [1.29, 1.82) is 0 Å². The SMILES string of the molecule is COc1ccccc1/C=C/C=C1/C(=O)Nc2cc(Cl)ccc21. The Morgan fingerprint density at radius 1 is 1.18 bits per heavy atom. The number of ether oxygens (including phenoxy) is 1. The Balaban J connectivity index is 1.90. The molecule has 3 nitrogen and oxygen atoms in total. The van der Waals surface area contributed by atoms with Crippen LogP contribution in [0, 0.1) is 0 Å². The maximum absolute atomic E-state index is 12.0. The molecular formula is C18H14ClNO2. The number of hydrogen-bond acceptors (Lipinski definition) is 2. The van der Waals surface area contributed by atoms with Gasteiger partial charge in [0.05, 0.1) is 12.8 Å². The molecular weight excluding hydrogens is 298 g/mol. The molecule has 0 aliphatic carbocycles. The number of allylic oxidation sites excluding steroid dienone is 2. The summed E-state index contributed by atoms with van der Waals surface area (Å²) < 4.78 is 5.29. The second kappa shape index (κ2) is 6.08. The van der Waals surface area contributed by atoms with Gasteiger partial charge in [-0.3, -0.25) is 4.79 Å². The van der Waals surface area contributed by atoms with Gasteiger partial charge in [-0.25, -0.2) is 0 Å². The van der Waals surface area contributed by atoms with Crippen molar-refractivity contribution >= 4 is 34.8 Å². The average Bonchev–Trinajstić information content (AvgIpc) is 2.82. The summed E-state index contributed by atoms with van der Waals surface area (Å²) in [7, 11) is 1.63. The van der Waals surface area contributed by atoms with Crippen molar-refractivity contribution in [3.05, 3.63) is 70.8 Å². The minimum atomic E-state index is -0.123. The maximum Gasteiger partial charge on any atom is 0.256 e. The number of rotatable bonds is 3. The van der Waals surface area contributed by atoms with Crippen LogP contribution in [-0.4, -0.2) is 13.0 Å². The molecule has 4 heteroatoms. The zero-order chi connectivity index (χ0) is 15.5. The monoisotopic (exact) mass is 311 g/mol. The summed E-state index contributed by atoms with van der Waals surface area (Å²) >= 11 is 5.94. The molecule has 0 saturated carbocycles. The second-order valence-corrected chi connectivity index (χ2v) is 5.26. The van der Waals surface area contributed by atoms with Crippen molar-refractivity contribution in [2.75, 3.05) is 12.4 Å². The molecule has 1 amide bonds. The fraction of sp³-hybridized carbons (Fsp3) is 0.0556. The summed E-state index contributed by atoms with van der Waals surface area (Å²) in [6.07, 6.45) is 5.55. The van der Waals surface area contributed by atoms with Crippen LogP contribution in [0.1, 0.15) is 11.1 Å². The van der Waals surface area contributed by atoms with E-state index in [1.807, 2.05) is 42.5 Å². The molecule has 1 N–H and O–H groups in total. The van der Waals surface area contributed by atoms with E-state index in [1.54, 1.807) is 25.3 Å². The first kappa shape index (κ1) is 14.4. The largest absolute Gasteiger partial charge is 0.496 e. The first-order valence-electron chi connectivity index (χ1n) is 6.81. The normalized spacial score (nSPS) is 15.2. The topological polar surface area (TPSA) is 38.3 Å². The Kier molecular flexibility index (Phi) is 3.98. The van der Waals surface area contributed by atoms with E-state index >= 15 is 0 Å². The van der Waals surface area contributed by atoms with Crippen LogP contribution in [0.5, 0.6) is 5.75 Å². The van der Waals surface area contributed by atoms with Crippen molar-refractivity contribution in [3.8, 4) is 5.75 Å². The Labute approximate surface area is 133 Å². The number of nitrogens with one attached hydrogen (secondary N) is 1. The second-order valence-electron chi connectivity index (χ2n) is 4.83. The summed E-state index contributed by atoms with van der Waals surface area (Å²) in [5, 5.41) is 3.41. The number of amides is 1. The number of halogens is 1. The maximum atomic E-state index is 12.0. The first-order valence-corrected chi connectivity index (χ1v) is 7.19. The van der Waals surface area contributed by atoms with Gasteiger partial charge in [-0.05, 0) is 24.3 Å². The van der Waals surface area contributed by atoms with E-state index in [2.05, 4.69) is 5.32 Å². The van der Waals surface area contributed by atoms with E-state index in [9.17, 15) is 4.79 Å². The summed E-state index contributed by atoms with van der Waals surface area (Å²) in [5.41, 5.74) is 3.18. The van der Waals surface area contributed by atoms with Gasteiger partial charge >= 0.3 is 0 Å². The predicted molar refractivity (Wildman–Crippen MR) is 90.1 cm³/mol. The number of anilines is 1. The van der Waals surface area contributed by atoms with Crippen molar-refractivity contribution in [2.45, 2.75) is 0 Å². The lowest BCUT2D eigenvalue weighted by atomic mass is 10.1. The molecule has 110 valence electrons. The van der Waals surface area contributed by atoms with Crippen LogP contribution < -0.4 is 10.1 Å². The van der Waals surface area contributed by atoms with E-state index < -0.39 is 0 Å². The quantitative estimate of drug-likeness (QED) is 0.853. The van der Waals surface area contributed by atoms with Gasteiger partial charge in [0, 0.05) is 21.7 Å². The summed E-state index contributed by atoms with van der Waals surface area (Å²) in [6.45, 7) is 0.